The molecule has 0 spiro atoms. The van der Waals surface area contributed by atoms with Crippen molar-refractivity contribution in [3.05, 3.63) is 54.5 Å². The van der Waals surface area contributed by atoms with Gasteiger partial charge in [-0.25, -0.2) is 19.3 Å². The Balaban J connectivity index is -0.000000481. The van der Waals surface area contributed by atoms with Crippen LogP contribution in [0.25, 0.3) is 9.69 Å². The maximum absolute atomic E-state index is 12.3. The van der Waals surface area contributed by atoms with Crippen LogP contribution >= 0.6 is 22.7 Å². The number of alkyl halides is 6. The molecule has 2 N–H and O–H groups in total. The average Bonchev–Trinajstić information content (AvgIpc) is 3.25. The number of aromatic carboxylic acids is 1. The maximum Gasteiger partial charge on any atom is 1.00 e. The molecule has 0 saturated heterocycles. The molecule has 0 fully saturated rings. The van der Waals surface area contributed by atoms with E-state index in [2.05, 4.69) is 14.4 Å². The Kier molecular flexibility index (Phi) is 14.0. The van der Waals surface area contributed by atoms with Crippen molar-refractivity contribution in [2.75, 3.05) is 7.11 Å². The molecule has 0 aliphatic carbocycles. The van der Waals surface area contributed by atoms with E-state index in [9.17, 15) is 35.9 Å². The van der Waals surface area contributed by atoms with Crippen LogP contribution in [0.1, 0.15) is 36.5 Å². The third-order valence-corrected chi connectivity index (χ3v) is 5.08. The third-order valence-electron chi connectivity index (χ3n) is 2.78. The minimum absolute atomic E-state index is 0. The molecule has 0 saturated carbocycles. The number of carboxylic acid groups (broad SMARTS) is 1. The molecule has 170 valence electrons. The largest absolute Gasteiger partial charge is 1.00 e. The number of hydrogen-bond acceptors (Lipinski definition) is 6. The summed E-state index contributed by atoms with van der Waals surface area (Å²) in [6.07, 6.45) is -9.28. The first-order valence-corrected chi connectivity index (χ1v) is 8.38. The van der Waals surface area contributed by atoms with Gasteiger partial charge in [0.15, 0.2) is 0 Å². The molecule has 0 aliphatic rings. The van der Waals surface area contributed by atoms with Crippen molar-refractivity contribution >= 4 is 46.0 Å². The number of thiophene rings is 2. The van der Waals surface area contributed by atoms with Gasteiger partial charge in [-0.15, -0.1) is 22.7 Å². The first-order valence-electron chi connectivity index (χ1n) is 6.74. The molecule has 32 heavy (non-hydrogen) atoms. The Morgan fingerprint density at radius 1 is 0.938 bits per heavy atom. The van der Waals surface area contributed by atoms with Crippen LogP contribution in [-0.4, -0.2) is 29.6 Å². The third kappa shape index (κ3) is 8.53. The molecule has 0 amide bonds. The van der Waals surface area contributed by atoms with E-state index in [0.717, 1.165) is 19.2 Å². The second-order valence-electron chi connectivity index (χ2n) is 4.67. The Labute approximate surface area is 197 Å². The average molecular weight is 496 g/mol. The predicted octanol–water partition coefficient (Wildman–Crippen LogP) is 3.58. The van der Waals surface area contributed by atoms with Crippen LogP contribution in [0.15, 0.2) is 12.1 Å². The van der Waals surface area contributed by atoms with Gasteiger partial charge in [0, 0.05) is 0 Å². The Hall–Kier alpha value is -2.54. The van der Waals surface area contributed by atoms with Crippen molar-refractivity contribution in [1.82, 2.24) is 0 Å². The van der Waals surface area contributed by atoms with Gasteiger partial charge >= 0.3 is 43.2 Å². The minimum atomic E-state index is -4.67. The molecule has 2 aromatic heterocycles. The molecule has 16 heteroatoms. The van der Waals surface area contributed by atoms with Crippen LogP contribution in [0, 0.1) is 13.1 Å². The topological polar surface area (TPSA) is 102 Å². The van der Waals surface area contributed by atoms with Gasteiger partial charge in [0.25, 0.3) is 0 Å². The molecule has 0 aromatic carbocycles. The van der Waals surface area contributed by atoms with Crippen LogP contribution in [0.4, 0.5) is 37.7 Å². The fraction of sp³-hybridized carbons (Fsp3) is 0.250. The van der Waals surface area contributed by atoms with Crippen molar-refractivity contribution in [1.29, 1.82) is 0 Å². The number of nitrogens with zero attached hydrogens (tertiary/aromatic N) is 2. The van der Waals surface area contributed by atoms with E-state index in [0.29, 0.717) is 0 Å². The van der Waals surface area contributed by atoms with Crippen LogP contribution in [0.3, 0.4) is 0 Å². The summed E-state index contributed by atoms with van der Waals surface area (Å²) in [6, 6.07) is 1.61. The van der Waals surface area contributed by atoms with Gasteiger partial charge < -0.3 is 15.3 Å². The van der Waals surface area contributed by atoms with Gasteiger partial charge in [0.05, 0.1) is 20.3 Å². The molecule has 7 nitrogen and oxygen atoms in total. The molecular weight excluding hydrogens is 485 g/mol. The van der Waals surface area contributed by atoms with Crippen molar-refractivity contribution in [2.45, 2.75) is 19.8 Å². The number of methoxy groups -OCH3 is 1. The summed E-state index contributed by atoms with van der Waals surface area (Å²) in [5.41, 5.74) is -1.24. The smallest absolute Gasteiger partial charge is 0.870 e. The zero-order valence-electron chi connectivity index (χ0n) is 15.3. The normalized spacial score (nSPS) is 9.91. The van der Waals surface area contributed by atoms with Crippen LogP contribution in [0.2, 0.25) is 0 Å². The van der Waals surface area contributed by atoms with Crippen LogP contribution < -0.4 is 18.9 Å². The molecule has 2 heterocycles. The van der Waals surface area contributed by atoms with Crippen LogP contribution in [0.5, 0.6) is 0 Å². The standard InChI is InChI=1S/C8H4F3NO2S.C7H2F3NO2S.CH4.Li.H2O/c1-12-4-3-5(7(13)14-2)15-6(4)8(9,10)11;1-11-3-2-4(6(12)13)14-5(3)7(8,9)10;;;/h3H,2H3;2H,(H,12,13);1H4;;1H2/q;;;+1;/p-1. The summed E-state index contributed by atoms with van der Waals surface area (Å²) >= 11 is 0.271. The van der Waals surface area contributed by atoms with Gasteiger partial charge in [-0.05, 0) is 12.1 Å². The Morgan fingerprint density at radius 3 is 1.53 bits per heavy atom. The summed E-state index contributed by atoms with van der Waals surface area (Å²) in [6.45, 7) is 13.0. The molecule has 2 aromatic rings. The summed E-state index contributed by atoms with van der Waals surface area (Å²) in [5.74, 6) is -2.34. The number of carboxylic acids is 1. The van der Waals surface area contributed by atoms with E-state index in [1.807, 2.05) is 0 Å². The number of ether oxygens (including phenoxy) is 1. The number of rotatable bonds is 2. The predicted molar refractivity (Wildman–Crippen MR) is 98.1 cm³/mol. The van der Waals surface area contributed by atoms with E-state index >= 15 is 0 Å². The van der Waals surface area contributed by atoms with E-state index in [1.54, 1.807) is 0 Å². The maximum atomic E-state index is 12.3. The summed E-state index contributed by atoms with van der Waals surface area (Å²) in [7, 11) is 1.06. The van der Waals surface area contributed by atoms with Gasteiger partial charge in [0.2, 0.25) is 11.4 Å². The van der Waals surface area contributed by atoms with E-state index in [4.69, 9.17) is 18.3 Å². The second-order valence-corrected chi connectivity index (χ2v) is 6.77. The number of carbonyl (C=O) groups excluding carboxylic acids is 1. The summed E-state index contributed by atoms with van der Waals surface area (Å²) < 4.78 is 77.8. The first-order chi connectivity index (χ1) is 13.3. The van der Waals surface area contributed by atoms with Gasteiger partial charge in [0.1, 0.15) is 19.5 Å². The molecule has 0 bridgehead atoms. The minimum Gasteiger partial charge on any atom is -0.870 e. The Bertz CT molecular complexity index is 1020. The number of esters is 1. The van der Waals surface area contributed by atoms with Crippen molar-refractivity contribution < 1.29 is 70.1 Å². The van der Waals surface area contributed by atoms with Gasteiger partial charge in [-0.2, -0.15) is 26.3 Å². The fourth-order valence-electron chi connectivity index (χ4n) is 1.64. The monoisotopic (exact) mass is 496 g/mol. The number of hydrogen-bond donors (Lipinski definition) is 1. The molecular formula is C16H11F6LiN2O5S2. The summed E-state index contributed by atoms with van der Waals surface area (Å²) in [5, 5.41) is 8.42. The fourth-order valence-corrected chi connectivity index (χ4v) is 3.33. The molecule has 0 unspecified atom stereocenters. The molecule has 0 aliphatic heterocycles. The molecule has 2 rings (SSSR count). The van der Waals surface area contributed by atoms with E-state index < -0.39 is 50.3 Å². The van der Waals surface area contributed by atoms with E-state index in [1.165, 1.54) is 0 Å². The van der Waals surface area contributed by atoms with Gasteiger partial charge in [-0.3, -0.25) is 0 Å². The second kappa shape index (κ2) is 13.1. The van der Waals surface area contributed by atoms with Crippen molar-refractivity contribution in [3.63, 3.8) is 0 Å². The van der Waals surface area contributed by atoms with Crippen molar-refractivity contribution in [2.24, 2.45) is 0 Å². The quantitative estimate of drug-likeness (QED) is 0.297. The number of halogens is 6. The molecule has 0 atom stereocenters. The SMILES string of the molecule is C.[C-]#[N+]c1cc(C(=O)O)sc1C(F)(F)F.[C-]#[N+]c1cc(C(=O)OC)sc1C(F)(F)F.[Li+].[OH-]. The summed E-state index contributed by atoms with van der Waals surface area (Å²) in [4.78, 5) is 23.7. The number of carbonyl (C=O) groups is 2. The van der Waals surface area contributed by atoms with Crippen molar-refractivity contribution in [3.8, 4) is 0 Å². The van der Waals surface area contributed by atoms with E-state index in [-0.39, 0.29) is 59.3 Å². The zero-order valence-corrected chi connectivity index (χ0v) is 16.9. The van der Waals surface area contributed by atoms with Gasteiger partial charge in [-0.1, -0.05) is 7.43 Å². The zero-order chi connectivity index (χ0) is 22.6. The Morgan fingerprint density at radius 2 is 1.28 bits per heavy atom. The molecule has 0 radical (unpaired) electrons. The first kappa shape index (κ1) is 34.1. The van der Waals surface area contributed by atoms with Crippen LogP contribution in [-0.2, 0) is 17.1 Å².